The van der Waals surface area contributed by atoms with E-state index in [1.165, 1.54) is 6.33 Å². The molecule has 1 amide bonds. The van der Waals surface area contributed by atoms with Crippen molar-refractivity contribution in [1.82, 2.24) is 20.1 Å². The lowest BCUT2D eigenvalue weighted by molar-refractivity contribution is 0.0956. The summed E-state index contributed by atoms with van der Waals surface area (Å²) in [6.07, 6.45) is 3.17. The molecule has 0 fully saturated rings. The molecule has 2 aromatic carbocycles. The molecule has 1 N–H and O–H groups in total. The van der Waals surface area contributed by atoms with Crippen molar-refractivity contribution in [3.63, 3.8) is 0 Å². The molecule has 0 aliphatic heterocycles. The van der Waals surface area contributed by atoms with E-state index >= 15 is 0 Å². The lowest BCUT2D eigenvalue weighted by atomic mass is 10.1. The topological polar surface area (TPSA) is 59.8 Å². The first-order valence-electron chi connectivity index (χ1n) is 7.78. The van der Waals surface area contributed by atoms with E-state index in [1.54, 1.807) is 22.8 Å². The maximum atomic E-state index is 12.2. The van der Waals surface area contributed by atoms with Crippen LogP contribution in [-0.2, 0) is 6.54 Å². The van der Waals surface area contributed by atoms with E-state index in [9.17, 15) is 4.79 Å². The summed E-state index contributed by atoms with van der Waals surface area (Å²) in [7, 11) is 0. The van der Waals surface area contributed by atoms with Gasteiger partial charge in [-0.05, 0) is 42.0 Å². The number of aromatic nitrogens is 3. The van der Waals surface area contributed by atoms with Gasteiger partial charge in [-0.2, -0.15) is 5.10 Å². The summed E-state index contributed by atoms with van der Waals surface area (Å²) < 4.78 is 1.74. The third kappa shape index (κ3) is 5.34. The van der Waals surface area contributed by atoms with Crippen molar-refractivity contribution in [3.8, 4) is 0 Å². The Morgan fingerprint density at radius 1 is 1.12 bits per heavy atom. The Bertz CT molecular complexity index is 804. The average Bonchev–Trinajstić information content (AvgIpc) is 3.14. The third-order valence-corrected chi connectivity index (χ3v) is 4.76. The van der Waals surface area contributed by atoms with E-state index in [1.807, 2.05) is 48.5 Å². The number of hydrogen-bond donors (Lipinski definition) is 1. The Kier molecular flexibility index (Phi) is 6.09. The maximum Gasteiger partial charge on any atom is 0.251 e. The molecule has 0 unspecified atom stereocenters. The van der Waals surface area contributed by atoms with Gasteiger partial charge in [0.2, 0.25) is 0 Å². The highest BCUT2D eigenvalue weighted by molar-refractivity contribution is 7.99. The normalized spacial score (nSPS) is 10.6. The van der Waals surface area contributed by atoms with Gasteiger partial charge in [-0.3, -0.25) is 4.79 Å². The lowest BCUT2D eigenvalue weighted by Crippen LogP contribution is -2.25. The first-order valence-corrected chi connectivity index (χ1v) is 9.15. The maximum absolute atomic E-state index is 12.2. The smallest absolute Gasteiger partial charge is 0.251 e. The predicted octanol–water partition coefficient (Wildman–Crippen LogP) is 3.50. The fraction of sp³-hybridized carbons (Fsp3) is 0.167. The molecule has 3 aromatic rings. The standard InChI is InChI=1S/C18H17ClN4OS/c19-16-5-7-17(8-6-16)25-10-9-21-18(24)15-3-1-14(2-4-15)11-23-13-20-12-22-23/h1-8,12-13H,9-11H2,(H,21,24). The Morgan fingerprint density at radius 3 is 2.56 bits per heavy atom. The molecule has 1 aromatic heterocycles. The molecule has 25 heavy (non-hydrogen) atoms. The number of carbonyl (C=O) groups is 1. The van der Waals surface area contributed by atoms with Gasteiger partial charge < -0.3 is 5.32 Å². The monoisotopic (exact) mass is 372 g/mol. The molecule has 0 aliphatic carbocycles. The van der Waals surface area contributed by atoms with Gasteiger partial charge in [0.25, 0.3) is 5.91 Å². The fourth-order valence-electron chi connectivity index (χ4n) is 2.23. The average molecular weight is 373 g/mol. The highest BCUT2D eigenvalue weighted by atomic mass is 35.5. The molecule has 128 valence electrons. The van der Waals surface area contributed by atoms with Gasteiger partial charge in [-0.1, -0.05) is 23.7 Å². The van der Waals surface area contributed by atoms with Crippen LogP contribution < -0.4 is 5.32 Å². The number of hydrogen-bond acceptors (Lipinski definition) is 4. The Morgan fingerprint density at radius 2 is 1.88 bits per heavy atom. The summed E-state index contributed by atoms with van der Waals surface area (Å²) in [6.45, 7) is 1.24. The Labute approximate surface area is 155 Å². The van der Waals surface area contributed by atoms with Crippen LogP contribution in [0.5, 0.6) is 0 Å². The van der Waals surface area contributed by atoms with Crippen molar-refractivity contribution in [2.75, 3.05) is 12.3 Å². The van der Waals surface area contributed by atoms with E-state index < -0.39 is 0 Å². The molecule has 0 radical (unpaired) electrons. The first-order chi connectivity index (χ1) is 12.2. The number of halogens is 1. The van der Waals surface area contributed by atoms with Crippen molar-refractivity contribution in [2.45, 2.75) is 11.4 Å². The van der Waals surface area contributed by atoms with Crippen molar-refractivity contribution in [1.29, 1.82) is 0 Å². The number of nitrogens with one attached hydrogen (secondary N) is 1. The summed E-state index contributed by atoms with van der Waals surface area (Å²) in [4.78, 5) is 17.2. The third-order valence-electron chi connectivity index (χ3n) is 3.50. The van der Waals surface area contributed by atoms with Gasteiger partial charge in [0.1, 0.15) is 12.7 Å². The zero-order chi connectivity index (χ0) is 17.5. The van der Waals surface area contributed by atoms with Gasteiger partial charge in [0.05, 0.1) is 6.54 Å². The molecule has 0 bridgehead atoms. The minimum atomic E-state index is -0.0657. The Balaban J connectivity index is 1.44. The van der Waals surface area contributed by atoms with E-state index in [0.29, 0.717) is 18.7 Å². The summed E-state index contributed by atoms with van der Waals surface area (Å²) in [6, 6.07) is 15.2. The second-order valence-electron chi connectivity index (χ2n) is 5.35. The summed E-state index contributed by atoms with van der Waals surface area (Å²) in [5.74, 6) is 0.738. The lowest BCUT2D eigenvalue weighted by Gasteiger charge is -2.07. The second kappa shape index (κ2) is 8.69. The minimum Gasteiger partial charge on any atom is -0.351 e. The van der Waals surface area contributed by atoms with Crippen molar-refractivity contribution in [2.24, 2.45) is 0 Å². The summed E-state index contributed by atoms with van der Waals surface area (Å²) in [5, 5.41) is 7.72. The van der Waals surface area contributed by atoms with Crippen molar-refractivity contribution >= 4 is 29.3 Å². The van der Waals surface area contributed by atoms with Gasteiger partial charge in [-0.25, -0.2) is 9.67 Å². The highest BCUT2D eigenvalue weighted by Gasteiger charge is 2.05. The zero-order valence-electron chi connectivity index (χ0n) is 13.4. The van der Waals surface area contributed by atoms with Crippen LogP contribution in [0.1, 0.15) is 15.9 Å². The SMILES string of the molecule is O=C(NCCSc1ccc(Cl)cc1)c1ccc(Cn2cncn2)cc1. The Hall–Kier alpha value is -2.31. The van der Waals surface area contributed by atoms with E-state index in [2.05, 4.69) is 15.4 Å². The molecule has 0 aliphatic rings. The number of nitrogens with zero attached hydrogens (tertiary/aromatic N) is 3. The fourth-order valence-corrected chi connectivity index (χ4v) is 3.12. The molecule has 0 spiro atoms. The summed E-state index contributed by atoms with van der Waals surface area (Å²) in [5.41, 5.74) is 1.72. The first kappa shape index (κ1) is 17.5. The van der Waals surface area contributed by atoms with E-state index in [-0.39, 0.29) is 5.91 Å². The number of thioether (sulfide) groups is 1. The molecule has 7 heteroatoms. The number of amides is 1. The van der Waals surface area contributed by atoms with E-state index in [4.69, 9.17) is 11.6 Å². The van der Waals surface area contributed by atoms with Crippen molar-refractivity contribution < 1.29 is 4.79 Å². The largest absolute Gasteiger partial charge is 0.351 e. The number of rotatable bonds is 7. The number of benzene rings is 2. The van der Waals surface area contributed by atoms with Crippen molar-refractivity contribution in [3.05, 3.63) is 77.3 Å². The summed E-state index contributed by atoms with van der Waals surface area (Å²) >= 11 is 7.54. The van der Waals surface area contributed by atoms with Crippen LogP contribution in [0.2, 0.25) is 5.02 Å². The molecular weight excluding hydrogens is 356 g/mol. The van der Waals surface area contributed by atoms with Crippen LogP contribution in [0.25, 0.3) is 0 Å². The van der Waals surface area contributed by atoms with Crippen LogP contribution in [0.4, 0.5) is 0 Å². The van der Waals surface area contributed by atoms with Gasteiger partial charge >= 0.3 is 0 Å². The molecule has 3 rings (SSSR count). The number of carbonyl (C=O) groups excluding carboxylic acids is 1. The van der Waals surface area contributed by atoms with Crippen LogP contribution in [0.15, 0.2) is 66.1 Å². The van der Waals surface area contributed by atoms with Crippen LogP contribution in [0, 0.1) is 0 Å². The minimum absolute atomic E-state index is 0.0657. The molecule has 0 saturated heterocycles. The van der Waals surface area contributed by atoms with Gasteiger partial charge in [-0.15, -0.1) is 11.8 Å². The van der Waals surface area contributed by atoms with E-state index in [0.717, 1.165) is 21.2 Å². The van der Waals surface area contributed by atoms with Gasteiger partial charge in [0.15, 0.2) is 0 Å². The van der Waals surface area contributed by atoms with Crippen LogP contribution >= 0.6 is 23.4 Å². The zero-order valence-corrected chi connectivity index (χ0v) is 15.0. The second-order valence-corrected chi connectivity index (χ2v) is 6.95. The molecule has 1 heterocycles. The van der Waals surface area contributed by atoms with Crippen LogP contribution in [0.3, 0.4) is 0 Å². The molecule has 0 atom stereocenters. The molecule has 0 saturated carbocycles. The molecular formula is C18H17ClN4OS. The van der Waals surface area contributed by atoms with Gasteiger partial charge in [0, 0.05) is 27.8 Å². The quantitative estimate of drug-likeness (QED) is 0.509. The molecule has 5 nitrogen and oxygen atoms in total. The van der Waals surface area contributed by atoms with Crippen LogP contribution in [-0.4, -0.2) is 33.0 Å². The predicted molar refractivity (Wildman–Crippen MR) is 100 cm³/mol. The highest BCUT2D eigenvalue weighted by Crippen LogP contribution is 2.19.